The first kappa shape index (κ1) is 13.3. The van der Waals surface area contributed by atoms with Gasteiger partial charge >= 0.3 is 0 Å². The molecule has 14 heavy (non-hydrogen) atoms. The fraction of sp³-hybridized carbons (Fsp3) is 0.778. The average molecular weight is 218 g/mol. The summed E-state index contributed by atoms with van der Waals surface area (Å²) < 4.78 is 0. The van der Waals surface area contributed by atoms with Gasteiger partial charge < -0.3 is 15.7 Å². The number of carbonyl (C=O) groups excluding carboxylic acids is 1. The molecular formula is C9H18N2O2S. The molecule has 0 aliphatic carbocycles. The maximum atomic E-state index is 11.5. The van der Waals surface area contributed by atoms with Gasteiger partial charge in [0.15, 0.2) is 0 Å². The van der Waals surface area contributed by atoms with Gasteiger partial charge in [-0.1, -0.05) is 25.6 Å². The van der Waals surface area contributed by atoms with E-state index in [1.165, 1.54) is 0 Å². The molecule has 5 heteroatoms. The summed E-state index contributed by atoms with van der Waals surface area (Å²) in [4.78, 5) is 13.3. The highest BCUT2D eigenvalue weighted by molar-refractivity contribution is 7.80. The van der Waals surface area contributed by atoms with Crippen LogP contribution in [-0.2, 0) is 4.79 Å². The molecule has 0 bridgehead atoms. The number of nitrogens with zero attached hydrogens (tertiary/aromatic N) is 1. The van der Waals surface area contributed by atoms with Gasteiger partial charge in [-0.2, -0.15) is 0 Å². The lowest BCUT2D eigenvalue weighted by Crippen LogP contribution is -2.36. The SMILES string of the molecule is CCCCN(CCO)C(=O)CC(N)=S. The van der Waals surface area contributed by atoms with Gasteiger partial charge in [0.2, 0.25) is 5.91 Å². The summed E-state index contributed by atoms with van der Waals surface area (Å²) >= 11 is 4.66. The van der Waals surface area contributed by atoms with E-state index in [4.69, 9.17) is 10.8 Å². The lowest BCUT2D eigenvalue weighted by Gasteiger charge is -2.21. The number of unbranched alkanes of at least 4 members (excludes halogenated alkanes) is 1. The molecule has 3 N–H and O–H groups in total. The van der Waals surface area contributed by atoms with Crippen LogP contribution in [0, 0.1) is 0 Å². The van der Waals surface area contributed by atoms with E-state index in [1.807, 2.05) is 0 Å². The molecule has 0 atom stereocenters. The fourth-order valence-corrected chi connectivity index (χ4v) is 1.22. The molecular weight excluding hydrogens is 200 g/mol. The van der Waals surface area contributed by atoms with Crippen LogP contribution in [0.25, 0.3) is 0 Å². The maximum absolute atomic E-state index is 11.5. The van der Waals surface area contributed by atoms with Crippen molar-refractivity contribution in [2.45, 2.75) is 26.2 Å². The minimum atomic E-state index is -0.0972. The van der Waals surface area contributed by atoms with Crippen molar-refractivity contribution in [2.75, 3.05) is 19.7 Å². The Labute approximate surface area is 90.1 Å². The number of amides is 1. The molecule has 0 unspecified atom stereocenters. The van der Waals surface area contributed by atoms with Gasteiger partial charge in [-0.25, -0.2) is 0 Å². The zero-order chi connectivity index (χ0) is 11.0. The number of aliphatic hydroxyl groups is 1. The summed E-state index contributed by atoms with van der Waals surface area (Å²) in [6.07, 6.45) is 2.05. The third-order valence-electron chi connectivity index (χ3n) is 1.83. The lowest BCUT2D eigenvalue weighted by molar-refractivity contribution is -0.130. The Hall–Kier alpha value is -0.680. The van der Waals surface area contributed by atoms with Crippen LogP contribution in [-0.4, -0.2) is 40.6 Å². The highest BCUT2D eigenvalue weighted by Crippen LogP contribution is 1.98. The van der Waals surface area contributed by atoms with Crippen molar-refractivity contribution in [2.24, 2.45) is 5.73 Å². The predicted molar refractivity (Wildman–Crippen MR) is 60.0 cm³/mol. The summed E-state index contributed by atoms with van der Waals surface area (Å²) in [6.45, 7) is 3.06. The molecule has 0 heterocycles. The van der Waals surface area contributed by atoms with Crippen LogP contribution >= 0.6 is 12.2 Å². The lowest BCUT2D eigenvalue weighted by atomic mass is 10.3. The molecule has 0 radical (unpaired) electrons. The summed E-state index contributed by atoms with van der Waals surface area (Å²) in [5.41, 5.74) is 5.28. The number of nitrogens with two attached hydrogens (primary N) is 1. The first-order valence-electron chi connectivity index (χ1n) is 4.78. The molecule has 0 aromatic carbocycles. The van der Waals surface area contributed by atoms with Crippen LogP contribution in [0.15, 0.2) is 0 Å². The van der Waals surface area contributed by atoms with Crippen molar-refractivity contribution in [3.63, 3.8) is 0 Å². The van der Waals surface area contributed by atoms with Gasteiger partial charge in [0.1, 0.15) is 0 Å². The second kappa shape index (κ2) is 7.70. The van der Waals surface area contributed by atoms with Gasteiger partial charge in [0, 0.05) is 13.1 Å². The Morgan fingerprint density at radius 1 is 1.50 bits per heavy atom. The first-order valence-corrected chi connectivity index (χ1v) is 5.19. The van der Waals surface area contributed by atoms with E-state index in [-0.39, 0.29) is 23.9 Å². The third kappa shape index (κ3) is 5.88. The Bertz CT molecular complexity index is 197. The molecule has 0 aromatic heterocycles. The van der Waals surface area contributed by atoms with Crippen molar-refractivity contribution >= 4 is 23.1 Å². The van der Waals surface area contributed by atoms with Gasteiger partial charge in [0.25, 0.3) is 0 Å². The van der Waals surface area contributed by atoms with Gasteiger partial charge in [-0.15, -0.1) is 0 Å². The number of thiocarbonyl (C=S) groups is 1. The molecule has 0 aliphatic rings. The number of aliphatic hydroxyl groups excluding tert-OH is 1. The molecule has 0 aliphatic heterocycles. The number of rotatable bonds is 7. The minimum Gasteiger partial charge on any atom is -0.395 e. The molecule has 0 saturated heterocycles. The average Bonchev–Trinajstić information content (AvgIpc) is 2.10. The van der Waals surface area contributed by atoms with Crippen molar-refractivity contribution in [1.82, 2.24) is 4.90 Å². The quantitative estimate of drug-likeness (QED) is 0.603. The standard InChI is InChI=1S/C9H18N2O2S/c1-2-3-4-11(5-6-12)9(13)7-8(10)14/h12H,2-7H2,1H3,(H2,10,14). The molecule has 0 aromatic rings. The van der Waals surface area contributed by atoms with Crippen LogP contribution in [0.4, 0.5) is 0 Å². The molecule has 82 valence electrons. The zero-order valence-corrected chi connectivity index (χ0v) is 9.35. The highest BCUT2D eigenvalue weighted by atomic mass is 32.1. The Balaban J connectivity index is 4.03. The molecule has 4 nitrogen and oxygen atoms in total. The molecule has 0 saturated carbocycles. The number of carbonyl (C=O) groups is 1. The largest absolute Gasteiger partial charge is 0.395 e. The van der Waals surface area contributed by atoms with E-state index in [0.717, 1.165) is 12.8 Å². The molecule has 0 spiro atoms. The normalized spacial score (nSPS) is 9.86. The van der Waals surface area contributed by atoms with Crippen LogP contribution < -0.4 is 5.73 Å². The fourth-order valence-electron chi connectivity index (χ4n) is 1.09. The summed E-state index contributed by atoms with van der Waals surface area (Å²) in [5.74, 6) is -0.0972. The summed E-state index contributed by atoms with van der Waals surface area (Å²) in [7, 11) is 0. The molecule has 0 fully saturated rings. The monoisotopic (exact) mass is 218 g/mol. The van der Waals surface area contributed by atoms with Crippen LogP contribution in [0.2, 0.25) is 0 Å². The highest BCUT2D eigenvalue weighted by Gasteiger charge is 2.12. The Morgan fingerprint density at radius 2 is 2.14 bits per heavy atom. The summed E-state index contributed by atoms with van der Waals surface area (Å²) in [5, 5.41) is 8.76. The Morgan fingerprint density at radius 3 is 2.57 bits per heavy atom. The van der Waals surface area contributed by atoms with Gasteiger partial charge in [0.05, 0.1) is 18.0 Å². The van der Waals surface area contributed by atoms with Crippen molar-refractivity contribution in [1.29, 1.82) is 0 Å². The minimum absolute atomic E-state index is 0.0210. The van der Waals surface area contributed by atoms with Crippen molar-refractivity contribution in [3.05, 3.63) is 0 Å². The number of hydrogen-bond donors (Lipinski definition) is 2. The molecule has 0 rings (SSSR count). The van der Waals surface area contributed by atoms with Crippen LogP contribution in [0.5, 0.6) is 0 Å². The summed E-state index contributed by atoms with van der Waals surface area (Å²) in [6, 6.07) is 0. The molecule has 1 amide bonds. The van der Waals surface area contributed by atoms with E-state index in [1.54, 1.807) is 4.90 Å². The van der Waals surface area contributed by atoms with Crippen molar-refractivity contribution < 1.29 is 9.90 Å². The van der Waals surface area contributed by atoms with Crippen LogP contribution in [0.3, 0.4) is 0 Å². The van der Waals surface area contributed by atoms with E-state index in [0.29, 0.717) is 13.1 Å². The smallest absolute Gasteiger partial charge is 0.229 e. The second-order valence-corrected chi connectivity index (χ2v) is 3.63. The predicted octanol–water partition coefficient (Wildman–Crippen LogP) is 0.284. The number of hydrogen-bond acceptors (Lipinski definition) is 3. The van der Waals surface area contributed by atoms with E-state index >= 15 is 0 Å². The van der Waals surface area contributed by atoms with E-state index < -0.39 is 0 Å². The zero-order valence-electron chi connectivity index (χ0n) is 8.53. The van der Waals surface area contributed by atoms with E-state index in [9.17, 15) is 4.79 Å². The first-order chi connectivity index (χ1) is 6.61. The topological polar surface area (TPSA) is 66.6 Å². The van der Waals surface area contributed by atoms with Gasteiger partial charge in [-0.05, 0) is 6.42 Å². The van der Waals surface area contributed by atoms with Gasteiger partial charge in [-0.3, -0.25) is 4.79 Å². The maximum Gasteiger partial charge on any atom is 0.229 e. The second-order valence-electron chi connectivity index (χ2n) is 3.10. The van der Waals surface area contributed by atoms with Crippen LogP contribution in [0.1, 0.15) is 26.2 Å². The van der Waals surface area contributed by atoms with Crippen molar-refractivity contribution in [3.8, 4) is 0 Å². The third-order valence-corrected chi connectivity index (χ3v) is 1.97. The van der Waals surface area contributed by atoms with E-state index in [2.05, 4.69) is 19.1 Å². The Kier molecular flexibility index (Phi) is 7.32.